The molecule has 1 aliphatic rings. The van der Waals surface area contributed by atoms with Gasteiger partial charge < -0.3 is 25.8 Å². The quantitative estimate of drug-likeness (QED) is 0.493. The third-order valence-electron chi connectivity index (χ3n) is 4.78. The highest BCUT2D eigenvalue weighted by molar-refractivity contribution is 7.22. The molecule has 4 rings (SSSR count). The number of nitrogens with two attached hydrogens (primary N) is 1. The van der Waals surface area contributed by atoms with Crippen molar-refractivity contribution in [2.24, 2.45) is 0 Å². The van der Waals surface area contributed by atoms with Crippen LogP contribution in [0.1, 0.15) is 38.2 Å². The van der Waals surface area contributed by atoms with Gasteiger partial charge in [-0.2, -0.15) is 0 Å². The number of carboxylic acid groups (broad SMARTS) is 1. The fourth-order valence-corrected chi connectivity index (χ4v) is 4.34. The number of aliphatic hydroxyl groups is 1. The van der Waals surface area contributed by atoms with Crippen LogP contribution < -0.4 is 16.6 Å². The van der Waals surface area contributed by atoms with Gasteiger partial charge in [-0.25, -0.2) is 9.97 Å². The van der Waals surface area contributed by atoms with Gasteiger partial charge >= 0.3 is 0 Å². The summed E-state index contributed by atoms with van der Waals surface area (Å²) in [6.07, 6.45) is 6.88. The number of thiazole rings is 1. The zero-order valence-electron chi connectivity index (χ0n) is 16.6. The van der Waals surface area contributed by atoms with Crippen LogP contribution in [-0.2, 0) is 11.3 Å². The first-order valence-corrected chi connectivity index (χ1v) is 10.5. The van der Waals surface area contributed by atoms with Gasteiger partial charge in [0.05, 0.1) is 28.9 Å². The molecule has 0 unspecified atom stereocenters. The molecule has 2 atom stereocenters. The Balaban J connectivity index is 0.000000589. The highest BCUT2D eigenvalue weighted by Gasteiger charge is 2.23. The van der Waals surface area contributed by atoms with Crippen LogP contribution in [0, 0.1) is 0 Å². The monoisotopic (exact) mass is 431 g/mol. The Kier molecular flexibility index (Phi) is 7.01. The largest absolute Gasteiger partial charge is 0.481 e. The second-order valence-electron chi connectivity index (χ2n) is 7.19. The lowest BCUT2D eigenvalue weighted by molar-refractivity contribution is -0.134. The summed E-state index contributed by atoms with van der Waals surface area (Å²) < 4.78 is 2.59. The van der Waals surface area contributed by atoms with Gasteiger partial charge in [0, 0.05) is 19.3 Å². The lowest BCUT2D eigenvalue weighted by Gasteiger charge is -2.27. The molecule has 1 aliphatic carbocycles. The minimum atomic E-state index is -0.833. The molecule has 0 aliphatic heterocycles. The molecular weight excluding hydrogens is 406 g/mol. The van der Waals surface area contributed by atoms with Crippen molar-refractivity contribution < 1.29 is 15.0 Å². The highest BCUT2D eigenvalue weighted by atomic mass is 32.1. The van der Waals surface area contributed by atoms with Crippen molar-refractivity contribution in [3.8, 4) is 0 Å². The smallest absolute Gasteiger partial charge is 0.300 e. The predicted molar refractivity (Wildman–Crippen MR) is 117 cm³/mol. The van der Waals surface area contributed by atoms with Crippen molar-refractivity contribution in [3.05, 3.63) is 46.5 Å². The number of aliphatic carboxylic acids is 1. The maximum absolute atomic E-state index is 12.0. The summed E-state index contributed by atoms with van der Waals surface area (Å²) in [5.74, 6) is -0.830. The molecule has 0 bridgehead atoms. The second-order valence-corrected chi connectivity index (χ2v) is 8.22. The molecule has 0 spiro atoms. The first-order chi connectivity index (χ1) is 14.3. The number of carboxylic acids is 1. The summed E-state index contributed by atoms with van der Waals surface area (Å²) in [4.78, 5) is 29.4. The number of nitrogens with zero attached hydrogens (tertiary/aromatic N) is 3. The summed E-state index contributed by atoms with van der Waals surface area (Å²) in [5.41, 5.74) is 7.21. The lowest BCUT2D eigenvalue weighted by atomic mass is 9.93. The van der Waals surface area contributed by atoms with Crippen molar-refractivity contribution in [3.63, 3.8) is 0 Å². The van der Waals surface area contributed by atoms with E-state index < -0.39 is 5.97 Å². The fourth-order valence-electron chi connectivity index (χ4n) is 3.35. The van der Waals surface area contributed by atoms with Crippen LogP contribution >= 0.6 is 11.3 Å². The number of aromatic nitrogens is 3. The predicted octanol–water partition coefficient (Wildman–Crippen LogP) is 2.29. The summed E-state index contributed by atoms with van der Waals surface area (Å²) in [5, 5.41) is 21.8. The molecule has 1 aromatic carbocycles. The van der Waals surface area contributed by atoms with E-state index in [1.54, 1.807) is 22.1 Å². The number of fused-ring (bicyclic) bond motifs is 1. The molecule has 5 N–H and O–H groups in total. The van der Waals surface area contributed by atoms with Gasteiger partial charge in [-0.1, -0.05) is 30.2 Å². The number of carbonyl (C=O) groups is 1. The summed E-state index contributed by atoms with van der Waals surface area (Å²) >= 11 is 1.57. The Hall–Kier alpha value is -2.98. The molecular formula is C20H25N5O4S. The van der Waals surface area contributed by atoms with Crippen molar-refractivity contribution in [1.82, 2.24) is 14.5 Å². The molecule has 1 fully saturated rings. The maximum Gasteiger partial charge on any atom is 0.300 e. The minimum absolute atomic E-state index is 0.00361. The van der Waals surface area contributed by atoms with Crippen LogP contribution in [0.2, 0.25) is 0 Å². The standard InChI is InChI=1S/C18H21N5O2S.C2H4O2/c19-16-17(25)23(8-7-20-16)10-11-5-6-13-15(9-11)26-18(22-13)21-12-3-1-2-4-14(12)24;1-2(3)4/h5-9,12,14,24H,1-4,10H2,(H2,19,20)(H,21,22);1H3,(H,3,4)/t12-,14-;/m1./s1. The van der Waals surface area contributed by atoms with E-state index in [9.17, 15) is 9.90 Å². The third kappa shape index (κ3) is 5.55. The van der Waals surface area contributed by atoms with Gasteiger partial charge in [-0.3, -0.25) is 9.59 Å². The van der Waals surface area contributed by atoms with Crippen LogP contribution in [0.5, 0.6) is 0 Å². The number of rotatable bonds is 4. The van der Waals surface area contributed by atoms with Gasteiger partial charge in [0.1, 0.15) is 0 Å². The third-order valence-corrected chi connectivity index (χ3v) is 5.73. The summed E-state index contributed by atoms with van der Waals surface area (Å²) in [6.45, 7) is 1.52. The Morgan fingerprint density at radius 2 is 2.10 bits per heavy atom. The molecule has 3 aromatic rings. The van der Waals surface area contributed by atoms with E-state index >= 15 is 0 Å². The molecule has 30 heavy (non-hydrogen) atoms. The number of benzene rings is 1. The van der Waals surface area contributed by atoms with Gasteiger partial charge in [0.15, 0.2) is 10.9 Å². The van der Waals surface area contributed by atoms with Crippen LogP contribution in [0.15, 0.2) is 35.4 Å². The fraction of sp³-hybridized carbons (Fsp3) is 0.400. The normalized spacial score (nSPS) is 18.5. The van der Waals surface area contributed by atoms with Crippen molar-refractivity contribution >= 4 is 38.5 Å². The SMILES string of the molecule is CC(=O)O.Nc1nccn(Cc2ccc3nc(N[C@@H]4CCCC[C@H]4O)sc3c2)c1=O. The molecule has 2 aromatic heterocycles. The first-order valence-electron chi connectivity index (χ1n) is 9.68. The number of aliphatic hydroxyl groups excluding tert-OH is 1. The van der Waals surface area contributed by atoms with Gasteiger partial charge in [0.2, 0.25) is 0 Å². The summed E-state index contributed by atoms with van der Waals surface area (Å²) in [7, 11) is 0. The molecule has 2 heterocycles. The number of hydrogen-bond donors (Lipinski definition) is 4. The lowest BCUT2D eigenvalue weighted by Crippen LogP contribution is -2.36. The van der Waals surface area contributed by atoms with Gasteiger partial charge in [-0.05, 0) is 30.5 Å². The van der Waals surface area contributed by atoms with E-state index in [-0.39, 0.29) is 23.5 Å². The number of anilines is 2. The topological polar surface area (TPSA) is 143 Å². The summed E-state index contributed by atoms with van der Waals surface area (Å²) in [6, 6.07) is 6.03. The Labute approximate surface area is 177 Å². The Bertz CT molecular complexity index is 1080. The molecule has 0 amide bonds. The highest BCUT2D eigenvalue weighted by Crippen LogP contribution is 2.30. The van der Waals surface area contributed by atoms with E-state index in [0.717, 1.165) is 53.5 Å². The van der Waals surface area contributed by atoms with E-state index in [2.05, 4.69) is 15.3 Å². The zero-order chi connectivity index (χ0) is 21.7. The molecule has 0 saturated heterocycles. The van der Waals surface area contributed by atoms with Gasteiger partial charge in [-0.15, -0.1) is 0 Å². The molecule has 0 radical (unpaired) electrons. The van der Waals surface area contributed by atoms with Crippen molar-refractivity contribution in [1.29, 1.82) is 0 Å². The van der Waals surface area contributed by atoms with Crippen LogP contribution in [0.3, 0.4) is 0 Å². The Morgan fingerprint density at radius 1 is 1.37 bits per heavy atom. The van der Waals surface area contributed by atoms with Gasteiger partial charge in [0.25, 0.3) is 11.5 Å². The average molecular weight is 432 g/mol. The number of hydrogen-bond acceptors (Lipinski definition) is 8. The molecule has 9 nitrogen and oxygen atoms in total. The van der Waals surface area contributed by atoms with Crippen LogP contribution in [-0.4, -0.2) is 42.9 Å². The first kappa shape index (κ1) is 21.7. The maximum atomic E-state index is 12.0. The van der Waals surface area contributed by atoms with E-state index in [1.807, 2.05) is 18.2 Å². The van der Waals surface area contributed by atoms with Crippen LogP contribution in [0.4, 0.5) is 10.9 Å². The second kappa shape index (κ2) is 9.68. The molecule has 160 valence electrons. The number of nitrogens with one attached hydrogen (secondary N) is 1. The minimum Gasteiger partial charge on any atom is -0.481 e. The van der Waals surface area contributed by atoms with E-state index in [4.69, 9.17) is 15.6 Å². The Morgan fingerprint density at radius 3 is 2.83 bits per heavy atom. The van der Waals surface area contributed by atoms with Crippen molar-refractivity contribution in [2.75, 3.05) is 11.1 Å². The number of nitrogen functional groups attached to an aromatic ring is 1. The van der Waals surface area contributed by atoms with Crippen LogP contribution in [0.25, 0.3) is 10.2 Å². The molecule has 1 saturated carbocycles. The van der Waals surface area contributed by atoms with E-state index in [1.165, 1.54) is 6.20 Å². The van der Waals surface area contributed by atoms with Crippen molar-refractivity contribution in [2.45, 2.75) is 51.3 Å². The zero-order valence-corrected chi connectivity index (χ0v) is 17.4. The van der Waals surface area contributed by atoms with E-state index in [0.29, 0.717) is 6.54 Å². The average Bonchev–Trinajstić information content (AvgIpc) is 3.08. The molecule has 10 heteroatoms.